The Hall–Kier alpha value is -1.91. The number of para-hydroxylation sites is 1. The number of aromatic nitrogens is 1. The molecule has 0 fully saturated rings. The van der Waals surface area contributed by atoms with E-state index in [1.165, 1.54) is 12.1 Å². The van der Waals surface area contributed by atoms with Crippen molar-refractivity contribution in [3.63, 3.8) is 0 Å². The first-order valence-corrected chi connectivity index (χ1v) is 10.5. The number of fused-ring (bicyclic) bond motifs is 1. The Morgan fingerprint density at radius 2 is 1.88 bits per heavy atom. The highest BCUT2D eigenvalue weighted by atomic mass is 35.5. The zero-order chi connectivity index (χ0) is 18.7. The minimum Gasteiger partial charge on any atom is -0.760 e. The van der Waals surface area contributed by atoms with Crippen LogP contribution in [0.1, 0.15) is 5.56 Å². The predicted octanol–water partition coefficient (Wildman–Crippen LogP) is 2.55. The van der Waals surface area contributed by atoms with Crippen LogP contribution < -0.4 is 9.44 Å². The van der Waals surface area contributed by atoms with Crippen LogP contribution in [-0.2, 0) is 27.7 Å². The van der Waals surface area contributed by atoms with Gasteiger partial charge in [0.1, 0.15) is 0 Å². The largest absolute Gasteiger partial charge is 0.760 e. The van der Waals surface area contributed by atoms with Crippen LogP contribution in [0, 0.1) is 0 Å². The first-order chi connectivity index (χ1) is 12.4. The quantitative estimate of drug-likeness (QED) is 0.517. The lowest BCUT2D eigenvalue weighted by atomic mass is 10.2. The van der Waals surface area contributed by atoms with Crippen molar-refractivity contribution in [2.75, 3.05) is 11.3 Å². The summed E-state index contributed by atoms with van der Waals surface area (Å²) >= 11 is 3.75. The molecule has 0 bridgehead atoms. The Morgan fingerprint density at radius 3 is 2.58 bits per heavy atom. The maximum absolute atomic E-state index is 12.6. The molecule has 0 saturated carbocycles. The van der Waals surface area contributed by atoms with Gasteiger partial charge in [-0.25, -0.2) is 13.1 Å². The van der Waals surface area contributed by atoms with Gasteiger partial charge in [-0.15, -0.1) is 0 Å². The molecule has 1 unspecified atom stereocenters. The zero-order valence-electron chi connectivity index (χ0n) is 13.4. The van der Waals surface area contributed by atoms with Crippen molar-refractivity contribution in [3.05, 3.63) is 59.2 Å². The number of nitrogens with one attached hydrogen (secondary N) is 3. The average molecular weight is 413 g/mol. The molecule has 7 nitrogen and oxygen atoms in total. The van der Waals surface area contributed by atoms with Crippen LogP contribution in [-0.4, -0.2) is 28.7 Å². The van der Waals surface area contributed by atoms with Gasteiger partial charge in [0.2, 0.25) is 0 Å². The van der Waals surface area contributed by atoms with Gasteiger partial charge < -0.3 is 9.54 Å². The molecule has 1 aromatic heterocycles. The third kappa shape index (κ3) is 4.25. The third-order valence-electron chi connectivity index (χ3n) is 3.78. The van der Waals surface area contributed by atoms with Gasteiger partial charge in [-0.2, -0.15) is 0 Å². The van der Waals surface area contributed by atoms with Crippen molar-refractivity contribution >= 4 is 49.5 Å². The normalized spacial score (nSPS) is 13.0. The Balaban J connectivity index is 1.78. The number of halogens is 1. The lowest BCUT2D eigenvalue weighted by molar-refractivity contribution is 0.523. The summed E-state index contributed by atoms with van der Waals surface area (Å²) in [5.41, 5.74) is 1.83. The molecule has 1 atom stereocenters. The summed E-state index contributed by atoms with van der Waals surface area (Å²) < 4.78 is 50.9. The van der Waals surface area contributed by atoms with E-state index in [1.807, 2.05) is 0 Å². The summed E-state index contributed by atoms with van der Waals surface area (Å²) in [6.45, 7) is 0.246. The number of H-pyrrole nitrogens is 1. The first kappa shape index (κ1) is 18.9. The topological polar surface area (TPSA) is 114 Å². The standard InChI is InChI=1S/C16H16ClN3O4S2/c17-14-10-18-16-13(14)2-1-3-15(16)20-26(23,24)12-6-4-11(5-7-12)8-9-19-25(21)22/h1-7,10,18-20H,8-9H2,(H,21,22)/p-1. The van der Waals surface area contributed by atoms with Gasteiger partial charge >= 0.3 is 0 Å². The molecule has 2 aromatic carbocycles. The van der Waals surface area contributed by atoms with E-state index < -0.39 is 21.3 Å². The summed E-state index contributed by atoms with van der Waals surface area (Å²) in [7, 11) is -3.77. The molecule has 0 spiro atoms. The highest BCUT2D eigenvalue weighted by Gasteiger charge is 2.16. The van der Waals surface area contributed by atoms with Gasteiger partial charge in [-0.1, -0.05) is 35.9 Å². The van der Waals surface area contributed by atoms with Crippen LogP contribution in [0.25, 0.3) is 10.9 Å². The molecule has 138 valence electrons. The molecule has 0 aliphatic carbocycles. The fourth-order valence-electron chi connectivity index (χ4n) is 2.52. The van der Waals surface area contributed by atoms with Crippen LogP contribution >= 0.6 is 11.6 Å². The first-order valence-electron chi connectivity index (χ1n) is 7.57. The second-order valence-electron chi connectivity index (χ2n) is 5.49. The second kappa shape index (κ2) is 7.77. The van der Waals surface area contributed by atoms with E-state index >= 15 is 0 Å². The van der Waals surface area contributed by atoms with Gasteiger partial charge in [0.15, 0.2) is 0 Å². The molecule has 26 heavy (non-hydrogen) atoms. The molecular weight excluding hydrogens is 398 g/mol. The Morgan fingerprint density at radius 1 is 1.15 bits per heavy atom. The molecule has 3 aromatic rings. The Labute approximate surface area is 158 Å². The highest BCUT2D eigenvalue weighted by Crippen LogP contribution is 2.29. The van der Waals surface area contributed by atoms with Crippen molar-refractivity contribution < 1.29 is 17.2 Å². The summed E-state index contributed by atoms with van der Waals surface area (Å²) in [5.74, 6) is 0. The lowest BCUT2D eigenvalue weighted by Gasteiger charge is -2.10. The summed E-state index contributed by atoms with van der Waals surface area (Å²) in [4.78, 5) is 3.06. The van der Waals surface area contributed by atoms with E-state index in [0.717, 1.165) is 10.9 Å². The fraction of sp³-hybridized carbons (Fsp3) is 0.125. The smallest absolute Gasteiger partial charge is 0.261 e. The number of hydrogen-bond acceptors (Lipinski definition) is 4. The van der Waals surface area contributed by atoms with E-state index in [-0.39, 0.29) is 11.4 Å². The van der Waals surface area contributed by atoms with Gasteiger partial charge in [-0.05, 0) is 30.2 Å². The number of benzene rings is 2. The molecule has 1 heterocycles. The minimum atomic E-state index is -3.77. The van der Waals surface area contributed by atoms with E-state index in [1.54, 1.807) is 36.5 Å². The van der Waals surface area contributed by atoms with Crippen LogP contribution in [0.3, 0.4) is 0 Å². The summed E-state index contributed by atoms with van der Waals surface area (Å²) in [6, 6.07) is 11.4. The molecule has 0 amide bonds. The van der Waals surface area contributed by atoms with E-state index in [9.17, 15) is 17.2 Å². The minimum absolute atomic E-state index is 0.108. The second-order valence-corrected chi connectivity index (χ2v) is 8.34. The molecule has 0 aliphatic heterocycles. The zero-order valence-corrected chi connectivity index (χ0v) is 15.7. The average Bonchev–Trinajstić information content (AvgIpc) is 2.97. The van der Waals surface area contributed by atoms with Gasteiger partial charge in [-0.3, -0.25) is 8.93 Å². The van der Waals surface area contributed by atoms with E-state index in [2.05, 4.69) is 14.4 Å². The van der Waals surface area contributed by atoms with Crippen molar-refractivity contribution in [2.24, 2.45) is 0 Å². The van der Waals surface area contributed by atoms with Gasteiger partial charge in [0, 0.05) is 29.4 Å². The summed E-state index contributed by atoms with van der Waals surface area (Å²) in [5, 5.41) is 1.24. The Bertz CT molecular complexity index is 1050. The van der Waals surface area contributed by atoms with Crippen LogP contribution in [0.15, 0.2) is 53.6 Å². The molecule has 0 radical (unpaired) electrons. The molecule has 3 rings (SSSR count). The van der Waals surface area contributed by atoms with Crippen LogP contribution in [0.2, 0.25) is 5.02 Å². The van der Waals surface area contributed by atoms with E-state index in [0.29, 0.717) is 22.6 Å². The molecule has 0 saturated heterocycles. The number of rotatable bonds is 7. The number of hydrogen-bond donors (Lipinski definition) is 3. The Kier molecular flexibility index (Phi) is 5.64. The lowest BCUT2D eigenvalue weighted by Crippen LogP contribution is -2.19. The predicted molar refractivity (Wildman–Crippen MR) is 101 cm³/mol. The van der Waals surface area contributed by atoms with Crippen LogP contribution in [0.4, 0.5) is 5.69 Å². The van der Waals surface area contributed by atoms with Crippen molar-refractivity contribution in [1.82, 2.24) is 9.71 Å². The molecule has 10 heteroatoms. The maximum atomic E-state index is 12.6. The number of anilines is 1. The SMILES string of the molecule is O=S([O-])NCCc1ccc(S(=O)(=O)Nc2cccc3c(Cl)c[nH]c23)cc1. The van der Waals surface area contributed by atoms with Gasteiger partial charge in [0.05, 0.1) is 21.1 Å². The third-order valence-corrected chi connectivity index (χ3v) is 5.91. The summed E-state index contributed by atoms with van der Waals surface area (Å²) in [6.07, 6.45) is 2.06. The van der Waals surface area contributed by atoms with Crippen molar-refractivity contribution in [2.45, 2.75) is 11.3 Å². The van der Waals surface area contributed by atoms with E-state index in [4.69, 9.17) is 11.6 Å². The van der Waals surface area contributed by atoms with Crippen LogP contribution in [0.5, 0.6) is 0 Å². The number of sulfonamides is 1. The molecule has 0 aliphatic rings. The highest BCUT2D eigenvalue weighted by molar-refractivity contribution is 7.92. The van der Waals surface area contributed by atoms with Gasteiger partial charge in [0.25, 0.3) is 10.0 Å². The molecular formula is C16H15ClN3O4S2-. The van der Waals surface area contributed by atoms with Crippen molar-refractivity contribution in [3.8, 4) is 0 Å². The monoisotopic (exact) mass is 412 g/mol. The maximum Gasteiger partial charge on any atom is 0.261 e. The number of aromatic amines is 1. The fourth-order valence-corrected chi connectivity index (χ4v) is 4.08. The molecule has 3 N–H and O–H groups in total. The van der Waals surface area contributed by atoms with Crippen molar-refractivity contribution in [1.29, 1.82) is 0 Å².